The zero-order chi connectivity index (χ0) is 20.5. The second kappa shape index (κ2) is 7.04. The summed E-state index contributed by atoms with van der Waals surface area (Å²) in [5, 5.41) is 25.3. The van der Waals surface area contributed by atoms with E-state index in [2.05, 4.69) is 10.5 Å². The van der Waals surface area contributed by atoms with Crippen molar-refractivity contribution in [1.82, 2.24) is 5.16 Å². The fourth-order valence-electron chi connectivity index (χ4n) is 2.50. The molecule has 0 saturated heterocycles. The third-order valence-corrected chi connectivity index (χ3v) is 3.68. The molecule has 142 valence electrons. The van der Waals surface area contributed by atoms with Gasteiger partial charge in [0.1, 0.15) is 16.9 Å². The molecule has 3 rings (SSSR count). The molecule has 28 heavy (non-hydrogen) atoms. The molecular weight excluding hydrogens is 362 g/mol. The SMILES string of the molecule is CC(C)(C)OC(=O)c1cc(C#N)ccc1NC(=O)c1onc2cc(O)ccc12. The van der Waals surface area contributed by atoms with Crippen LogP contribution in [0.1, 0.15) is 47.2 Å². The van der Waals surface area contributed by atoms with Gasteiger partial charge in [-0.2, -0.15) is 5.26 Å². The average molecular weight is 379 g/mol. The number of benzene rings is 2. The standard InChI is InChI=1S/C20H17N3O5/c1-20(2,3)27-19(26)14-8-11(10-21)4-7-15(14)22-18(25)17-13-6-5-12(24)9-16(13)23-28-17/h4-9,24H,1-3H3,(H,22,25). The van der Waals surface area contributed by atoms with Crippen molar-refractivity contribution in [2.75, 3.05) is 5.32 Å². The number of esters is 1. The number of carbonyl (C=O) groups excluding carboxylic acids is 2. The van der Waals surface area contributed by atoms with E-state index >= 15 is 0 Å². The highest BCUT2D eigenvalue weighted by molar-refractivity contribution is 6.12. The van der Waals surface area contributed by atoms with Crippen LogP contribution in [0, 0.1) is 11.3 Å². The van der Waals surface area contributed by atoms with E-state index in [0.29, 0.717) is 10.9 Å². The number of phenolic OH excluding ortho intramolecular Hbond substituents is 1. The number of rotatable bonds is 3. The molecule has 0 aliphatic carbocycles. The number of aromatic hydroxyl groups is 1. The smallest absolute Gasteiger partial charge is 0.340 e. The Balaban J connectivity index is 1.95. The monoisotopic (exact) mass is 379 g/mol. The quantitative estimate of drug-likeness (QED) is 0.666. The molecule has 0 saturated carbocycles. The predicted molar refractivity (Wildman–Crippen MR) is 100.0 cm³/mol. The van der Waals surface area contributed by atoms with Crippen LogP contribution in [0.3, 0.4) is 0 Å². The van der Waals surface area contributed by atoms with E-state index in [1.165, 1.54) is 36.4 Å². The van der Waals surface area contributed by atoms with Gasteiger partial charge in [0.25, 0.3) is 5.91 Å². The minimum absolute atomic E-state index is 0.00735. The number of aromatic nitrogens is 1. The Morgan fingerprint density at radius 3 is 2.64 bits per heavy atom. The van der Waals surface area contributed by atoms with E-state index in [9.17, 15) is 14.7 Å². The number of nitrogens with zero attached hydrogens (tertiary/aromatic N) is 2. The molecule has 0 atom stereocenters. The largest absolute Gasteiger partial charge is 0.508 e. The summed E-state index contributed by atoms with van der Waals surface area (Å²) in [6, 6.07) is 10.5. The Labute approximate surface area is 160 Å². The Hall–Kier alpha value is -3.86. The molecule has 2 N–H and O–H groups in total. The summed E-state index contributed by atoms with van der Waals surface area (Å²) in [6.07, 6.45) is 0. The lowest BCUT2D eigenvalue weighted by Crippen LogP contribution is -2.25. The fraction of sp³-hybridized carbons (Fsp3) is 0.200. The maximum absolute atomic E-state index is 12.7. The Bertz CT molecular complexity index is 1120. The first-order chi connectivity index (χ1) is 13.2. The molecule has 1 aromatic heterocycles. The van der Waals surface area contributed by atoms with Crippen molar-refractivity contribution in [3.8, 4) is 11.8 Å². The summed E-state index contributed by atoms with van der Waals surface area (Å²) < 4.78 is 10.4. The minimum atomic E-state index is -0.746. The maximum atomic E-state index is 12.7. The summed E-state index contributed by atoms with van der Waals surface area (Å²) >= 11 is 0. The summed E-state index contributed by atoms with van der Waals surface area (Å²) in [6.45, 7) is 5.15. The lowest BCUT2D eigenvalue weighted by atomic mass is 10.1. The zero-order valence-electron chi connectivity index (χ0n) is 15.4. The van der Waals surface area contributed by atoms with Crippen molar-refractivity contribution >= 4 is 28.5 Å². The first kappa shape index (κ1) is 18.9. The molecule has 0 fully saturated rings. The predicted octanol–water partition coefficient (Wildman–Crippen LogP) is 3.61. The second-order valence-electron chi connectivity index (χ2n) is 7.04. The highest BCUT2D eigenvalue weighted by Gasteiger charge is 2.24. The van der Waals surface area contributed by atoms with Gasteiger partial charge in [-0.1, -0.05) is 5.16 Å². The van der Waals surface area contributed by atoms with E-state index in [4.69, 9.17) is 14.5 Å². The first-order valence-corrected chi connectivity index (χ1v) is 8.35. The van der Waals surface area contributed by atoms with Gasteiger partial charge in [0.15, 0.2) is 0 Å². The van der Waals surface area contributed by atoms with Gasteiger partial charge in [0.2, 0.25) is 5.76 Å². The van der Waals surface area contributed by atoms with Crippen molar-refractivity contribution in [2.24, 2.45) is 0 Å². The van der Waals surface area contributed by atoms with Gasteiger partial charge in [0.05, 0.1) is 28.3 Å². The molecule has 0 aliphatic heterocycles. The highest BCUT2D eigenvalue weighted by Crippen LogP contribution is 2.25. The number of anilines is 1. The topological polar surface area (TPSA) is 125 Å². The van der Waals surface area contributed by atoms with Gasteiger partial charge in [-0.3, -0.25) is 4.79 Å². The number of carbonyl (C=O) groups is 2. The number of nitriles is 1. The molecule has 3 aromatic rings. The Kier molecular flexibility index (Phi) is 4.76. The van der Waals surface area contributed by atoms with Crippen molar-refractivity contribution in [3.63, 3.8) is 0 Å². The van der Waals surface area contributed by atoms with Gasteiger partial charge >= 0.3 is 5.97 Å². The van der Waals surface area contributed by atoms with E-state index in [-0.39, 0.29) is 28.3 Å². The molecule has 0 radical (unpaired) electrons. The number of nitrogens with one attached hydrogen (secondary N) is 1. The van der Waals surface area contributed by atoms with Crippen LogP contribution in [-0.2, 0) is 4.74 Å². The molecule has 8 nitrogen and oxygen atoms in total. The molecule has 0 unspecified atom stereocenters. The number of ether oxygens (including phenoxy) is 1. The van der Waals surface area contributed by atoms with Crippen LogP contribution in [0.15, 0.2) is 40.9 Å². The van der Waals surface area contributed by atoms with Crippen LogP contribution in [0.2, 0.25) is 0 Å². The van der Waals surface area contributed by atoms with Gasteiger partial charge in [-0.25, -0.2) is 4.79 Å². The van der Waals surface area contributed by atoms with Crippen LogP contribution in [0.5, 0.6) is 5.75 Å². The van der Waals surface area contributed by atoms with Crippen molar-refractivity contribution < 1.29 is 24.0 Å². The fourth-order valence-corrected chi connectivity index (χ4v) is 2.50. The van der Waals surface area contributed by atoms with E-state index in [0.717, 1.165) is 0 Å². The third-order valence-electron chi connectivity index (χ3n) is 3.68. The summed E-state index contributed by atoms with van der Waals surface area (Å²) in [5.74, 6) is -1.39. The van der Waals surface area contributed by atoms with Crippen molar-refractivity contribution in [3.05, 3.63) is 53.3 Å². The Morgan fingerprint density at radius 1 is 1.21 bits per heavy atom. The molecule has 1 heterocycles. The number of fused-ring (bicyclic) bond motifs is 1. The van der Waals surface area contributed by atoms with Crippen molar-refractivity contribution in [1.29, 1.82) is 5.26 Å². The molecule has 8 heteroatoms. The third kappa shape index (κ3) is 3.94. The van der Waals surface area contributed by atoms with Crippen LogP contribution in [0.4, 0.5) is 5.69 Å². The first-order valence-electron chi connectivity index (χ1n) is 8.35. The number of amides is 1. The average Bonchev–Trinajstić information content (AvgIpc) is 3.03. The zero-order valence-corrected chi connectivity index (χ0v) is 15.4. The Morgan fingerprint density at radius 2 is 1.96 bits per heavy atom. The van der Waals surface area contributed by atoms with Crippen LogP contribution < -0.4 is 5.32 Å². The summed E-state index contributed by atoms with van der Waals surface area (Å²) in [7, 11) is 0. The molecule has 1 amide bonds. The molecule has 0 spiro atoms. The molecule has 0 aliphatic rings. The maximum Gasteiger partial charge on any atom is 0.340 e. The van der Waals surface area contributed by atoms with Crippen LogP contribution in [-0.4, -0.2) is 27.7 Å². The number of hydrogen-bond acceptors (Lipinski definition) is 7. The molecule has 2 aromatic carbocycles. The van der Waals surface area contributed by atoms with Gasteiger partial charge in [-0.15, -0.1) is 0 Å². The lowest BCUT2D eigenvalue weighted by Gasteiger charge is -2.20. The van der Waals surface area contributed by atoms with Gasteiger partial charge in [0, 0.05) is 6.07 Å². The van der Waals surface area contributed by atoms with Crippen LogP contribution in [0.25, 0.3) is 10.9 Å². The van der Waals surface area contributed by atoms with Crippen LogP contribution >= 0.6 is 0 Å². The molecule has 0 bridgehead atoms. The summed E-state index contributed by atoms with van der Waals surface area (Å²) in [5.41, 5.74) is 0.0339. The van der Waals surface area contributed by atoms with E-state index in [1.54, 1.807) is 20.8 Å². The van der Waals surface area contributed by atoms with Crippen molar-refractivity contribution in [2.45, 2.75) is 26.4 Å². The number of phenols is 1. The summed E-state index contributed by atoms with van der Waals surface area (Å²) in [4.78, 5) is 25.2. The van der Waals surface area contributed by atoms with E-state index in [1.807, 2.05) is 6.07 Å². The lowest BCUT2D eigenvalue weighted by molar-refractivity contribution is 0.00707. The van der Waals surface area contributed by atoms with Gasteiger partial charge in [-0.05, 0) is 51.1 Å². The minimum Gasteiger partial charge on any atom is -0.508 e. The number of hydrogen-bond donors (Lipinski definition) is 2. The second-order valence-corrected chi connectivity index (χ2v) is 7.04. The normalized spacial score (nSPS) is 11.1. The van der Waals surface area contributed by atoms with Gasteiger partial charge < -0.3 is 19.7 Å². The highest BCUT2D eigenvalue weighted by atomic mass is 16.6. The van der Waals surface area contributed by atoms with E-state index < -0.39 is 17.5 Å². The molecular formula is C20H17N3O5.